The SMILES string of the molecule is Cc1cc(-c2ccccc2)c2ccc3c(-c4cc(-c5cccc6c5oc5ccccc56)cc(-c5cccc6c5oc5ccccc56)c4)cc(C)nc3c2n1. The molecule has 0 radical (unpaired) electrons. The average molecular weight is 693 g/mol. The van der Waals surface area contributed by atoms with Crippen molar-refractivity contribution in [1.82, 2.24) is 9.97 Å². The van der Waals surface area contributed by atoms with Crippen LogP contribution in [-0.2, 0) is 0 Å². The van der Waals surface area contributed by atoms with E-state index in [0.717, 1.165) is 122 Å². The Morgan fingerprint density at radius 1 is 0.333 bits per heavy atom. The van der Waals surface area contributed by atoms with E-state index >= 15 is 0 Å². The Morgan fingerprint density at radius 2 is 0.759 bits per heavy atom. The lowest BCUT2D eigenvalue weighted by atomic mass is 9.90. The molecule has 0 unspecified atom stereocenters. The maximum Gasteiger partial charge on any atom is 0.143 e. The van der Waals surface area contributed by atoms with Gasteiger partial charge in [0.15, 0.2) is 0 Å². The molecular formula is C50H32N2O2. The van der Waals surface area contributed by atoms with Gasteiger partial charge in [0.25, 0.3) is 0 Å². The molecule has 0 fully saturated rings. The van der Waals surface area contributed by atoms with Crippen molar-refractivity contribution in [2.45, 2.75) is 13.8 Å². The van der Waals surface area contributed by atoms with Crippen LogP contribution in [0.15, 0.2) is 167 Å². The van der Waals surface area contributed by atoms with Gasteiger partial charge in [-0.1, -0.05) is 115 Å². The number of rotatable bonds is 4. The van der Waals surface area contributed by atoms with Crippen LogP contribution in [0.5, 0.6) is 0 Å². The van der Waals surface area contributed by atoms with Crippen LogP contribution in [0.2, 0.25) is 0 Å². The standard InChI is InChI=1S/C50H32N2O2/c1-29-24-43(31-12-4-3-5-13-31)39-22-23-40-44(25-30(2)52-48(40)47(39)51-29)34-27-32(35-16-10-18-41-37-14-6-8-20-45(37)53-49(35)41)26-33(28-34)36-17-11-19-42-38-15-7-9-21-46(38)54-50(36)42/h3-28H,1-2H3. The monoisotopic (exact) mass is 692 g/mol. The smallest absolute Gasteiger partial charge is 0.143 e. The summed E-state index contributed by atoms with van der Waals surface area (Å²) in [7, 11) is 0. The molecule has 0 atom stereocenters. The van der Waals surface area contributed by atoms with E-state index in [1.54, 1.807) is 0 Å². The lowest BCUT2D eigenvalue weighted by Gasteiger charge is -2.16. The van der Waals surface area contributed by atoms with Crippen molar-refractivity contribution >= 4 is 65.7 Å². The van der Waals surface area contributed by atoms with Gasteiger partial charge in [0.1, 0.15) is 22.3 Å². The summed E-state index contributed by atoms with van der Waals surface area (Å²) in [5, 5.41) is 6.56. The van der Waals surface area contributed by atoms with Crippen molar-refractivity contribution in [3.63, 3.8) is 0 Å². The first-order valence-corrected chi connectivity index (χ1v) is 18.3. The van der Waals surface area contributed by atoms with Gasteiger partial charge in [0.2, 0.25) is 0 Å². The second kappa shape index (κ2) is 11.7. The fourth-order valence-electron chi connectivity index (χ4n) is 8.37. The first-order valence-electron chi connectivity index (χ1n) is 18.3. The fourth-order valence-corrected chi connectivity index (χ4v) is 8.37. The van der Waals surface area contributed by atoms with Gasteiger partial charge in [-0.2, -0.15) is 0 Å². The van der Waals surface area contributed by atoms with E-state index in [9.17, 15) is 0 Å². The van der Waals surface area contributed by atoms with Crippen molar-refractivity contribution in [2.75, 3.05) is 0 Å². The Morgan fingerprint density at radius 3 is 1.28 bits per heavy atom. The summed E-state index contributed by atoms with van der Waals surface area (Å²) in [4.78, 5) is 10.3. The zero-order chi connectivity index (χ0) is 35.9. The third kappa shape index (κ3) is 4.70. The van der Waals surface area contributed by atoms with Gasteiger partial charge >= 0.3 is 0 Å². The van der Waals surface area contributed by atoms with E-state index < -0.39 is 0 Å². The van der Waals surface area contributed by atoms with Gasteiger partial charge in [0.05, 0.1) is 11.0 Å². The maximum absolute atomic E-state index is 6.60. The highest BCUT2D eigenvalue weighted by atomic mass is 16.3. The minimum absolute atomic E-state index is 0.874. The van der Waals surface area contributed by atoms with Gasteiger partial charge in [-0.3, -0.25) is 9.97 Å². The summed E-state index contributed by atoms with van der Waals surface area (Å²) in [5.74, 6) is 0. The van der Waals surface area contributed by atoms with Crippen LogP contribution in [0, 0.1) is 13.8 Å². The number of para-hydroxylation sites is 4. The minimum Gasteiger partial charge on any atom is -0.455 e. The second-order valence-electron chi connectivity index (χ2n) is 14.2. The molecule has 4 nitrogen and oxygen atoms in total. The number of furan rings is 2. The van der Waals surface area contributed by atoms with E-state index in [2.05, 4.69) is 147 Å². The van der Waals surface area contributed by atoms with Crippen molar-refractivity contribution in [3.8, 4) is 44.5 Å². The summed E-state index contributed by atoms with van der Waals surface area (Å²) in [5.41, 5.74) is 15.9. The molecule has 0 bridgehead atoms. The predicted octanol–water partition coefficient (Wildman–Crippen LogP) is 13.9. The molecule has 0 aliphatic carbocycles. The van der Waals surface area contributed by atoms with E-state index in [1.807, 2.05) is 24.3 Å². The molecule has 11 aromatic rings. The normalized spacial score (nSPS) is 11.9. The lowest BCUT2D eigenvalue weighted by Crippen LogP contribution is -1.95. The lowest BCUT2D eigenvalue weighted by molar-refractivity contribution is 0.670. The summed E-state index contributed by atoms with van der Waals surface area (Å²) < 4.78 is 13.2. The highest BCUT2D eigenvalue weighted by Gasteiger charge is 2.20. The van der Waals surface area contributed by atoms with E-state index in [-0.39, 0.29) is 0 Å². The molecule has 0 aliphatic heterocycles. The van der Waals surface area contributed by atoms with E-state index in [0.29, 0.717) is 0 Å². The number of aromatic nitrogens is 2. The van der Waals surface area contributed by atoms with E-state index in [1.165, 1.54) is 0 Å². The molecule has 0 saturated heterocycles. The molecule has 0 N–H and O–H groups in total. The Kier molecular flexibility index (Phi) is 6.65. The third-order valence-corrected chi connectivity index (χ3v) is 10.8. The fraction of sp³-hybridized carbons (Fsp3) is 0.0400. The number of hydrogen-bond acceptors (Lipinski definition) is 4. The van der Waals surface area contributed by atoms with Gasteiger partial charge < -0.3 is 8.83 Å². The maximum atomic E-state index is 6.60. The highest BCUT2D eigenvalue weighted by Crippen LogP contribution is 2.43. The first-order chi connectivity index (χ1) is 26.6. The predicted molar refractivity (Wildman–Crippen MR) is 223 cm³/mol. The molecule has 7 aromatic carbocycles. The summed E-state index contributed by atoms with van der Waals surface area (Å²) in [6.07, 6.45) is 0. The summed E-state index contributed by atoms with van der Waals surface area (Å²) in [6, 6.07) is 55.6. The minimum atomic E-state index is 0.874. The quantitative estimate of drug-likeness (QED) is 0.172. The Balaban J connectivity index is 1.21. The van der Waals surface area contributed by atoms with Crippen molar-refractivity contribution < 1.29 is 8.83 Å². The van der Waals surface area contributed by atoms with Crippen LogP contribution < -0.4 is 0 Å². The van der Waals surface area contributed by atoms with Crippen molar-refractivity contribution in [1.29, 1.82) is 0 Å². The Labute approximate surface area is 311 Å². The number of nitrogens with zero attached hydrogens (tertiary/aromatic N) is 2. The van der Waals surface area contributed by atoms with E-state index in [4.69, 9.17) is 18.8 Å². The van der Waals surface area contributed by atoms with Gasteiger partial charge in [-0.05, 0) is 89.7 Å². The van der Waals surface area contributed by atoms with Crippen molar-refractivity contribution in [3.05, 3.63) is 169 Å². The summed E-state index contributed by atoms with van der Waals surface area (Å²) in [6.45, 7) is 4.14. The Bertz CT molecular complexity index is 3170. The number of aryl methyl sites for hydroxylation is 2. The van der Waals surface area contributed by atoms with Gasteiger partial charge in [-0.15, -0.1) is 0 Å². The number of fused-ring (bicyclic) bond motifs is 9. The molecule has 0 aliphatic rings. The van der Waals surface area contributed by atoms with Crippen LogP contribution in [0.4, 0.5) is 0 Å². The molecule has 4 aromatic heterocycles. The number of pyridine rings is 2. The zero-order valence-electron chi connectivity index (χ0n) is 29.7. The highest BCUT2D eigenvalue weighted by molar-refractivity contribution is 6.14. The summed E-state index contributed by atoms with van der Waals surface area (Å²) >= 11 is 0. The molecular weight excluding hydrogens is 661 g/mol. The molecule has 11 rings (SSSR count). The molecule has 0 amide bonds. The molecule has 4 heteroatoms. The molecule has 4 heterocycles. The van der Waals surface area contributed by atoms with Gasteiger partial charge in [0, 0.05) is 54.8 Å². The van der Waals surface area contributed by atoms with Crippen LogP contribution in [0.25, 0.3) is 110 Å². The topological polar surface area (TPSA) is 52.1 Å². The molecule has 254 valence electrons. The number of benzene rings is 7. The van der Waals surface area contributed by atoms with Crippen LogP contribution in [0.3, 0.4) is 0 Å². The average Bonchev–Trinajstić information content (AvgIpc) is 3.79. The zero-order valence-corrected chi connectivity index (χ0v) is 29.7. The number of hydrogen-bond donors (Lipinski definition) is 0. The largest absolute Gasteiger partial charge is 0.455 e. The molecule has 0 saturated carbocycles. The van der Waals surface area contributed by atoms with Crippen LogP contribution in [0.1, 0.15) is 11.4 Å². The first kappa shape index (κ1) is 30.6. The molecule has 54 heavy (non-hydrogen) atoms. The second-order valence-corrected chi connectivity index (χ2v) is 14.2. The van der Waals surface area contributed by atoms with Crippen molar-refractivity contribution in [2.24, 2.45) is 0 Å². The van der Waals surface area contributed by atoms with Crippen LogP contribution in [-0.4, -0.2) is 9.97 Å². The van der Waals surface area contributed by atoms with Crippen LogP contribution >= 0.6 is 0 Å². The van der Waals surface area contributed by atoms with Gasteiger partial charge in [-0.25, -0.2) is 0 Å². The molecule has 0 spiro atoms. The Hall–Kier alpha value is -7.04. The third-order valence-electron chi connectivity index (χ3n) is 10.8.